The molecule has 2 aliphatic heterocycles. The Labute approximate surface area is 366 Å². The molecule has 13 nitrogen and oxygen atoms in total. The van der Waals surface area contributed by atoms with Crippen LogP contribution in [0.25, 0.3) is 0 Å². The number of unbranched alkanes of at least 4 members (excludes halogenated alkanes) is 1. The smallest absolute Gasteiger partial charge is 0.343 e. The first kappa shape index (κ1) is 47.4. The van der Waals surface area contributed by atoms with Crippen LogP contribution in [-0.2, 0) is 44.4 Å². The van der Waals surface area contributed by atoms with Crippen molar-refractivity contribution in [3.63, 3.8) is 0 Å². The summed E-state index contributed by atoms with van der Waals surface area (Å²) in [6.07, 6.45) is 5.00. The lowest BCUT2D eigenvalue weighted by Crippen LogP contribution is -2.68. The predicted molar refractivity (Wildman–Crippen MR) is 239 cm³/mol. The van der Waals surface area contributed by atoms with Gasteiger partial charge < -0.3 is 34.8 Å². The molecular weight excluding hydrogens is 805 g/mol. The summed E-state index contributed by atoms with van der Waals surface area (Å²) in [5.41, 5.74) is -0.693. The molecule has 0 saturated carbocycles. The first-order chi connectivity index (χ1) is 29.5. The summed E-state index contributed by atoms with van der Waals surface area (Å²) < 4.78 is 17.0. The van der Waals surface area contributed by atoms with Gasteiger partial charge >= 0.3 is 5.97 Å². The van der Waals surface area contributed by atoms with Gasteiger partial charge in [-0.15, -0.1) is 0 Å². The number of ketones is 1. The van der Waals surface area contributed by atoms with Gasteiger partial charge in [-0.3, -0.25) is 24.0 Å². The van der Waals surface area contributed by atoms with Crippen molar-refractivity contribution in [1.82, 2.24) is 20.9 Å². The third-order valence-corrected chi connectivity index (χ3v) is 17.1. The van der Waals surface area contributed by atoms with Gasteiger partial charge in [0.25, 0.3) is 8.32 Å². The van der Waals surface area contributed by atoms with Crippen molar-refractivity contribution >= 4 is 54.1 Å². The van der Waals surface area contributed by atoms with Crippen LogP contribution in [0.15, 0.2) is 97.1 Å². The molecule has 2 fully saturated rings. The van der Waals surface area contributed by atoms with Crippen molar-refractivity contribution in [2.75, 3.05) is 20.3 Å². The molecule has 3 N–H and O–H groups in total. The van der Waals surface area contributed by atoms with Crippen LogP contribution in [0.3, 0.4) is 0 Å². The van der Waals surface area contributed by atoms with E-state index in [9.17, 15) is 28.8 Å². The van der Waals surface area contributed by atoms with Gasteiger partial charge in [-0.05, 0) is 91.6 Å². The Morgan fingerprint density at radius 2 is 1.53 bits per heavy atom. The Bertz CT molecular complexity index is 2030. The second kappa shape index (κ2) is 21.0. The normalized spacial score (nSPS) is 21.8. The van der Waals surface area contributed by atoms with E-state index in [1.165, 1.54) is 18.1 Å². The predicted octanol–water partition coefficient (Wildman–Crippen LogP) is 4.30. The Kier molecular flexibility index (Phi) is 16.1. The Morgan fingerprint density at radius 3 is 2.11 bits per heavy atom. The van der Waals surface area contributed by atoms with Gasteiger partial charge in [-0.1, -0.05) is 107 Å². The maximum absolute atomic E-state index is 14.2. The fraction of sp³-hybridized carbons (Fsp3) is 0.458. The third-order valence-electron chi connectivity index (χ3n) is 11.9. The van der Waals surface area contributed by atoms with Crippen LogP contribution in [0.5, 0.6) is 5.75 Å². The number of esters is 1. The van der Waals surface area contributed by atoms with Gasteiger partial charge in [0.1, 0.15) is 35.5 Å². The number of hydrogen-bond acceptors (Lipinski definition) is 9. The minimum atomic E-state index is -2.96. The molecule has 3 aromatic carbocycles. The molecule has 4 amide bonds. The van der Waals surface area contributed by atoms with Gasteiger partial charge in [-0.25, -0.2) is 4.79 Å². The Morgan fingerprint density at radius 1 is 0.903 bits per heavy atom. The van der Waals surface area contributed by atoms with Crippen molar-refractivity contribution < 1.29 is 42.7 Å². The van der Waals surface area contributed by atoms with E-state index in [0.29, 0.717) is 43.5 Å². The fourth-order valence-corrected chi connectivity index (χ4v) is 12.8. The van der Waals surface area contributed by atoms with Crippen LogP contribution in [-0.4, -0.2) is 98.6 Å². The highest BCUT2D eigenvalue weighted by Crippen LogP contribution is 2.37. The molecule has 0 unspecified atom stereocenters. The molecule has 62 heavy (non-hydrogen) atoms. The molecule has 0 aromatic heterocycles. The molecule has 5 atom stereocenters. The Hall–Kier alpha value is -5.60. The van der Waals surface area contributed by atoms with Gasteiger partial charge in [0.05, 0.1) is 7.11 Å². The molecule has 14 heteroatoms. The highest BCUT2D eigenvalue weighted by Gasteiger charge is 2.51. The second-order valence-electron chi connectivity index (χ2n) is 17.3. The van der Waals surface area contributed by atoms with Gasteiger partial charge in [0.2, 0.25) is 23.6 Å². The van der Waals surface area contributed by atoms with Crippen LogP contribution in [0, 0.1) is 0 Å². The van der Waals surface area contributed by atoms with E-state index in [1.54, 1.807) is 51.1 Å². The molecule has 0 aliphatic carbocycles. The SMILES string of the molecule is CC[C@]1(C)NC(=O)[C@H](CCC/C=C/C(=O)[C@H](C)O[Si](c2ccccc2)(c2ccccc2)C(C)(C)C)NC(=O)[C@H]2CCCN2C(=O)[C@H](Cc2ccc(OCC(=O)OC)cc2)NC1=O. The van der Waals surface area contributed by atoms with E-state index in [-0.39, 0.29) is 36.7 Å². The molecule has 3 aromatic rings. The van der Waals surface area contributed by atoms with Crippen LogP contribution >= 0.6 is 0 Å². The number of methoxy groups -OCH3 is 1. The van der Waals surface area contributed by atoms with E-state index in [4.69, 9.17) is 9.16 Å². The number of ether oxygens (including phenoxy) is 2. The van der Waals surface area contributed by atoms with Crippen LogP contribution < -0.4 is 31.1 Å². The van der Waals surface area contributed by atoms with Crippen LogP contribution in [0.4, 0.5) is 0 Å². The molecule has 2 aliphatic rings. The second-order valence-corrected chi connectivity index (χ2v) is 21.6. The largest absolute Gasteiger partial charge is 0.482 e. The number of carbonyl (C=O) groups is 6. The standard InChI is InChI=1S/C48H62N4O9Si/c1-8-48(6)46(58)50-39(31-34-26-28-35(29-27-34)60-32-42(54)59-7)45(57)52-30-18-24-40(52)44(56)49-38(43(55)51-48)23-16-11-17-25-41(53)33(2)61-62(47(3,4)5,36-19-12-9-13-20-36)37-21-14-10-15-22-37/h9-10,12-15,17,19-22,25-29,33,38-40H,8,11,16,18,23-24,30-32H2,1-7H3,(H,49,56)(H,50,58)(H,51,55)/b25-17+/t33-,38-,39-,40+,48-/m0/s1. The van der Waals surface area contributed by atoms with Gasteiger partial charge in [-0.2, -0.15) is 0 Å². The minimum absolute atomic E-state index is 0.115. The molecule has 2 heterocycles. The molecule has 5 rings (SSSR count). The summed E-state index contributed by atoms with van der Waals surface area (Å²) in [5, 5.41) is 10.5. The van der Waals surface area contributed by atoms with E-state index in [1.807, 2.05) is 36.4 Å². The number of carbonyl (C=O) groups excluding carboxylic acids is 6. The summed E-state index contributed by atoms with van der Waals surface area (Å²) in [5.74, 6) is -2.15. The van der Waals surface area contributed by atoms with Crippen molar-refractivity contribution in [2.45, 2.75) is 121 Å². The number of benzene rings is 3. The zero-order chi connectivity index (χ0) is 45.1. The zero-order valence-electron chi connectivity index (χ0n) is 37.0. The minimum Gasteiger partial charge on any atom is -0.482 e. The molecule has 0 radical (unpaired) electrons. The first-order valence-corrected chi connectivity index (χ1v) is 23.5. The molecular formula is C48H62N4O9Si. The zero-order valence-corrected chi connectivity index (χ0v) is 38.0. The van der Waals surface area contributed by atoms with Crippen molar-refractivity contribution in [2.24, 2.45) is 0 Å². The number of rotatable bonds is 16. The van der Waals surface area contributed by atoms with E-state index >= 15 is 0 Å². The quantitative estimate of drug-likeness (QED) is 0.0823. The monoisotopic (exact) mass is 866 g/mol. The summed E-state index contributed by atoms with van der Waals surface area (Å²) in [7, 11) is -1.69. The van der Waals surface area contributed by atoms with Gasteiger partial charge in [0.15, 0.2) is 12.4 Å². The molecule has 0 bridgehead atoms. The number of nitrogens with one attached hydrogen (secondary N) is 3. The highest BCUT2D eigenvalue weighted by atomic mass is 28.4. The maximum atomic E-state index is 14.2. The van der Waals surface area contributed by atoms with Crippen molar-refractivity contribution in [1.29, 1.82) is 0 Å². The number of allylic oxidation sites excluding steroid dienone is 1. The summed E-state index contributed by atoms with van der Waals surface area (Å²) >= 11 is 0. The fourth-order valence-electron chi connectivity index (χ4n) is 8.17. The number of hydrogen-bond donors (Lipinski definition) is 3. The number of nitrogens with zero attached hydrogens (tertiary/aromatic N) is 1. The maximum Gasteiger partial charge on any atom is 0.343 e. The third kappa shape index (κ3) is 11.3. The van der Waals surface area contributed by atoms with E-state index in [0.717, 1.165) is 10.4 Å². The van der Waals surface area contributed by atoms with Crippen molar-refractivity contribution in [3.05, 3.63) is 103 Å². The molecule has 2 saturated heterocycles. The van der Waals surface area contributed by atoms with Gasteiger partial charge in [0, 0.05) is 13.0 Å². The van der Waals surface area contributed by atoms with Crippen molar-refractivity contribution in [3.8, 4) is 5.75 Å². The van der Waals surface area contributed by atoms with E-state index in [2.05, 4.69) is 65.7 Å². The first-order valence-electron chi connectivity index (χ1n) is 21.5. The lowest BCUT2D eigenvalue weighted by atomic mass is 9.94. The number of amides is 4. The lowest BCUT2D eigenvalue weighted by molar-refractivity contribution is -0.144. The Balaban J connectivity index is 1.27. The lowest BCUT2D eigenvalue weighted by Gasteiger charge is -2.44. The topological polar surface area (TPSA) is 169 Å². The summed E-state index contributed by atoms with van der Waals surface area (Å²) in [6.45, 7) is 11.7. The van der Waals surface area contributed by atoms with E-state index < -0.39 is 67.7 Å². The number of fused-ring (bicyclic) bond motifs is 1. The summed E-state index contributed by atoms with van der Waals surface area (Å²) in [6, 6.07) is 24.2. The highest BCUT2D eigenvalue weighted by molar-refractivity contribution is 6.99. The molecule has 0 spiro atoms. The van der Waals surface area contributed by atoms with Crippen LogP contribution in [0.1, 0.15) is 85.6 Å². The van der Waals surface area contributed by atoms with Crippen LogP contribution in [0.2, 0.25) is 5.04 Å². The average molecular weight is 867 g/mol. The average Bonchev–Trinajstić information content (AvgIpc) is 3.77. The summed E-state index contributed by atoms with van der Waals surface area (Å²) in [4.78, 5) is 82.7. The molecule has 332 valence electrons.